The maximum Gasteiger partial charge on any atom is 0.138 e. The second-order valence-corrected chi connectivity index (χ2v) is 3.46. The topological polar surface area (TPSA) is 56.7 Å². The van der Waals surface area contributed by atoms with E-state index in [4.69, 9.17) is 5.73 Å². The fourth-order valence-corrected chi connectivity index (χ4v) is 1.40. The highest BCUT2D eigenvalue weighted by molar-refractivity contribution is 9.10. The average Bonchev–Trinajstić information content (AvgIpc) is 2.61. The highest BCUT2D eigenvalue weighted by atomic mass is 79.9. The van der Waals surface area contributed by atoms with Crippen LogP contribution < -0.4 is 5.73 Å². The van der Waals surface area contributed by atoms with Crippen molar-refractivity contribution < 1.29 is 0 Å². The van der Waals surface area contributed by atoms with E-state index in [0.717, 1.165) is 10.2 Å². The smallest absolute Gasteiger partial charge is 0.138 e. The Morgan fingerprint density at radius 2 is 2.14 bits per heavy atom. The molecule has 0 fully saturated rings. The van der Waals surface area contributed by atoms with Crippen LogP contribution in [0.4, 0.5) is 5.69 Å². The molecular weight excluding hydrogens is 267 g/mol. The van der Waals surface area contributed by atoms with Gasteiger partial charge in [0.2, 0.25) is 0 Å². The van der Waals surface area contributed by atoms with Crippen LogP contribution >= 0.6 is 28.3 Å². The third-order valence-corrected chi connectivity index (χ3v) is 2.15. The number of rotatable bonds is 1. The van der Waals surface area contributed by atoms with Gasteiger partial charge in [0.1, 0.15) is 12.7 Å². The third kappa shape index (κ3) is 2.05. The average molecular weight is 276 g/mol. The summed E-state index contributed by atoms with van der Waals surface area (Å²) in [5, 5.41) is 3.99. The van der Waals surface area contributed by atoms with Crippen LogP contribution in [0.3, 0.4) is 0 Å². The molecule has 0 aliphatic carbocycles. The summed E-state index contributed by atoms with van der Waals surface area (Å²) in [4.78, 5) is 3.85. The van der Waals surface area contributed by atoms with Crippen LogP contribution in [0.25, 0.3) is 5.69 Å². The number of nitrogens with two attached hydrogens (primary N) is 1. The SMILES string of the molecule is Cl.Nc1ccc(Br)cc1-n1cncn1. The Morgan fingerprint density at radius 1 is 1.36 bits per heavy atom. The summed E-state index contributed by atoms with van der Waals surface area (Å²) in [6.45, 7) is 0. The molecule has 1 aromatic carbocycles. The zero-order valence-electron chi connectivity index (χ0n) is 7.09. The lowest BCUT2D eigenvalue weighted by molar-refractivity contribution is 0.880. The molecule has 2 N–H and O–H groups in total. The van der Waals surface area contributed by atoms with Gasteiger partial charge >= 0.3 is 0 Å². The van der Waals surface area contributed by atoms with Gasteiger partial charge in [-0.1, -0.05) is 15.9 Å². The van der Waals surface area contributed by atoms with Gasteiger partial charge in [0.15, 0.2) is 0 Å². The largest absolute Gasteiger partial charge is 0.397 e. The second-order valence-electron chi connectivity index (χ2n) is 2.54. The number of anilines is 1. The Labute approximate surface area is 95.7 Å². The fourth-order valence-electron chi connectivity index (χ4n) is 1.05. The van der Waals surface area contributed by atoms with Gasteiger partial charge in [-0.05, 0) is 18.2 Å². The van der Waals surface area contributed by atoms with Gasteiger partial charge in [-0.2, -0.15) is 5.10 Å². The van der Waals surface area contributed by atoms with E-state index < -0.39 is 0 Å². The minimum absolute atomic E-state index is 0. The molecule has 4 nitrogen and oxygen atoms in total. The Kier molecular flexibility index (Phi) is 3.49. The van der Waals surface area contributed by atoms with Crippen molar-refractivity contribution in [3.05, 3.63) is 35.3 Å². The van der Waals surface area contributed by atoms with Crippen molar-refractivity contribution in [1.29, 1.82) is 0 Å². The first-order valence-electron chi connectivity index (χ1n) is 3.67. The quantitative estimate of drug-likeness (QED) is 0.810. The maximum atomic E-state index is 5.77. The summed E-state index contributed by atoms with van der Waals surface area (Å²) in [5.41, 5.74) is 7.27. The molecule has 0 unspecified atom stereocenters. The van der Waals surface area contributed by atoms with Crippen LogP contribution in [0, 0.1) is 0 Å². The highest BCUT2D eigenvalue weighted by Gasteiger charge is 2.02. The molecule has 1 aromatic heterocycles. The molecule has 6 heteroatoms. The second kappa shape index (κ2) is 4.43. The van der Waals surface area contributed by atoms with Crippen LogP contribution in [0.15, 0.2) is 35.3 Å². The molecule has 0 aliphatic heterocycles. The summed E-state index contributed by atoms with van der Waals surface area (Å²) in [7, 11) is 0. The summed E-state index contributed by atoms with van der Waals surface area (Å²) >= 11 is 3.36. The zero-order valence-corrected chi connectivity index (χ0v) is 9.49. The van der Waals surface area contributed by atoms with Crippen molar-refractivity contribution in [2.45, 2.75) is 0 Å². The minimum atomic E-state index is 0. The number of halogens is 2. The predicted molar refractivity (Wildman–Crippen MR) is 60.7 cm³/mol. The Bertz CT molecular complexity index is 415. The molecule has 0 atom stereocenters. The van der Waals surface area contributed by atoms with E-state index in [9.17, 15) is 0 Å². The van der Waals surface area contributed by atoms with Crippen LogP contribution in [-0.4, -0.2) is 14.8 Å². The van der Waals surface area contributed by atoms with Crippen LogP contribution in [0.1, 0.15) is 0 Å². The first-order valence-corrected chi connectivity index (χ1v) is 4.47. The van der Waals surface area contributed by atoms with E-state index in [1.165, 1.54) is 6.33 Å². The lowest BCUT2D eigenvalue weighted by Gasteiger charge is -2.04. The molecule has 0 aliphatic rings. The van der Waals surface area contributed by atoms with Crippen molar-refractivity contribution >= 4 is 34.0 Å². The number of aromatic nitrogens is 3. The lowest BCUT2D eigenvalue weighted by Crippen LogP contribution is -1.99. The molecule has 0 amide bonds. The van der Waals surface area contributed by atoms with Gasteiger partial charge in [0.05, 0.1) is 11.4 Å². The minimum Gasteiger partial charge on any atom is -0.397 e. The van der Waals surface area contributed by atoms with Crippen molar-refractivity contribution in [3.8, 4) is 5.69 Å². The molecule has 0 saturated heterocycles. The number of hydrogen-bond donors (Lipinski definition) is 1. The summed E-state index contributed by atoms with van der Waals surface area (Å²) < 4.78 is 2.59. The van der Waals surface area contributed by atoms with Gasteiger partial charge in [-0.3, -0.25) is 0 Å². The Hall–Kier alpha value is -1.07. The van der Waals surface area contributed by atoms with Crippen molar-refractivity contribution in [2.24, 2.45) is 0 Å². The van der Waals surface area contributed by atoms with E-state index in [1.807, 2.05) is 18.2 Å². The number of benzene rings is 1. The Morgan fingerprint density at radius 3 is 2.79 bits per heavy atom. The number of nitrogen functional groups attached to an aromatic ring is 1. The van der Waals surface area contributed by atoms with Gasteiger partial charge in [-0.15, -0.1) is 12.4 Å². The highest BCUT2D eigenvalue weighted by Crippen LogP contribution is 2.20. The van der Waals surface area contributed by atoms with Gasteiger partial charge in [-0.25, -0.2) is 9.67 Å². The number of nitrogens with zero attached hydrogens (tertiary/aromatic N) is 3. The standard InChI is InChI=1S/C8H7BrN4.ClH/c9-6-1-2-7(10)8(3-6)13-5-11-4-12-13;/h1-5H,10H2;1H. The summed E-state index contributed by atoms with van der Waals surface area (Å²) in [5.74, 6) is 0. The van der Waals surface area contributed by atoms with Crippen LogP contribution in [-0.2, 0) is 0 Å². The van der Waals surface area contributed by atoms with E-state index in [1.54, 1.807) is 11.0 Å². The molecular formula is C8H8BrClN4. The van der Waals surface area contributed by atoms with Crippen molar-refractivity contribution in [1.82, 2.24) is 14.8 Å². The summed E-state index contributed by atoms with van der Waals surface area (Å²) in [6.07, 6.45) is 3.08. The lowest BCUT2D eigenvalue weighted by atomic mass is 10.3. The molecule has 0 saturated carbocycles. The first-order chi connectivity index (χ1) is 6.27. The third-order valence-electron chi connectivity index (χ3n) is 1.66. The molecule has 74 valence electrons. The van der Waals surface area contributed by atoms with E-state index in [2.05, 4.69) is 26.0 Å². The Balaban J connectivity index is 0.000000980. The molecule has 14 heavy (non-hydrogen) atoms. The monoisotopic (exact) mass is 274 g/mol. The maximum absolute atomic E-state index is 5.77. The van der Waals surface area contributed by atoms with E-state index >= 15 is 0 Å². The van der Waals surface area contributed by atoms with E-state index in [0.29, 0.717) is 5.69 Å². The molecule has 1 heterocycles. The molecule has 2 rings (SSSR count). The van der Waals surface area contributed by atoms with Crippen LogP contribution in [0.5, 0.6) is 0 Å². The van der Waals surface area contributed by atoms with Gasteiger partial charge in [0, 0.05) is 4.47 Å². The molecule has 0 spiro atoms. The van der Waals surface area contributed by atoms with Crippen molar-refractivity contribution in [2.75, 3.05) is 5.73 Å². The van der Waals surface area contributed by atoms with Gasteiger partial charge in [0.25, 0.3) is 0 Å². The number of hydrogen-bond acceptors (Lipinski definition) is 3. The van der Waals surface area contributed by atoms with Crippen LogP contribution in [0.2, 0.25) is 0 Å². The molecule has 2 aromatic rings. The normalized spacial score (nSPS) is 9.50. The fraction of sp³-hybridized carbons (Fsp3) is 0. The summed E-state index contributed by atoms with van der Waals surface area (Å²) in [6, 6.07) is 5.60. The molecule has 0 bridgehead atoms. The molecule has 0 radical (unpaired) electrons. The van der Waals surface area contributed by atoms with E-state index in [-0.39, 0.29) is 12.4 Å². The predicted octanol–water partition coefficient (Wildman–Crippen LogP) is 2.03. The van der Waals surface area contributed by atoms with Gasteiger partial charge < -0.3 is 5.73 Å². The van der Waals surface area contributed by atoms with Crippen molar-refractivity contribution in [3.63, 3.8) is 0 Å². The zero-order chi connectivity index (χ0) is 9.26. The first kappa shape index (κ1) is 11.0.